The molecule has 0 aliphatic carbocycles. The second-order valence-electron chi connectivity index (χ2n) is 7.27. The lowest BCUT2D eigenvalue weighted by molar-refractivity contribution is -0.0432. The molecular weight excluding hydrogens is 413 g/mol. The standard InChI is InChI=1S/C26H19Cl2NO/c27-22-16-15-18(17-23(22)28)25-29-24-14-8-7-13-21(24)26(30-25,19-9-3-1-4-10-19)20-11-5-2-6-12-20/h1-17,25,29H/t25-/m0/s1. The molecule has 0 saturated heterocycles. The van der Waals surface area contributed by atoms with Crippen LogP contribution in [0.5, 0.6) is 0 Å². The number of rotatable bonds is 3. The summed E-state index contributed by atoms with van der Waals surface area (Å²) in [6, 6.07) is 34.6. The van der Waals surface area contributed by atoms with Gasteiger partial charge in [0.2, 0.25) is 0 Å². The third kappa shape index (κ3) is 3.18. The minimum absolute atomic E-state index is 0.407. The van der Waals surface area contributed by atoms with Crippen LogP contribution in [0.3, 0.4) is 0 Å². The predicted octanol–water partition coefficient (Wildman–Crippen LogP) is 7.43. The fourth-order valence-electron chi connectivity index (χ4n) is 4.11. The van der Waals surface area contributed by atoms with Crippen molar-refractivity contribution in [3.05, 3.63) is 135 Å². The van der Waals surface area contributed by atoms with E-state index < -0.39 is 11.8 Å². The number of fused-ring (bicyclic) bond motifs is 1. The van der Waals surface area contributed by atoms with Gasteiger partial charge in [0.05, 0.1) is 10.0 Å². The van der Waals surface area contributed by atoms with Crippen LogP contribution in [0.4, 0.5) is 5.69 Å². The van der Waals surface area contributed by atoms with Crippen molar-refractivity contribution in [2.75, 3.05) is 5.32 Å². The normalized spacial score (nSPS) is 17.1. The molecule has 30 heavy (non-hydrogen) atoms. The molecule has 1 N–H and O–H groups in total. The zero-order valence-corrected chi connectivity index (χ0v) is 17.6. The van der Waals surface area contributed by atoms with E-state index in [4.69, 9.17) is 27.9 Å². The minimum Gasteiger partial charge on any atom is -0.356 e. The van der Waals surface area contributed by atoms with Crippen molar-refractivity contribution in [1.29, 1.82) is 0 Å². The van der Waals surface area contributed by atoms with Gasteiger partial charge in [-0.05, 0) is 29.3 Å². The SMILES string of the molecule is Clc1ccc([C@H]2Nc3ccccc3C(c3ccccc3)(c3ccccc3)O2)cc1Cl. The maximum Gasteiger partial charge on any atom is 0.156 e. The molecule has 0 saturated carbocycles. The summed E-state index contributed by atoms with van der Waals surface area (Å²) in [6.45, 7) is 0. The molecule has 148 valence electrons. The zero-order valence-electron chi connectivity index (χ0n) is 16.1. The highest BCUT2D eigenvalue weighted by molar-refractivity contribution is 6.42. The Morgan fingerprint density at radius 1 is 0.667 bits per heavy atom. The number of hydrogen-bond acceptors (Lipinski definition) is 2. The van der Waals surface area contributed by atoms with Gasteiger partial charge in [0.15, 0.2) is 6.23 Å². The number of hydrogen-bond donors (Lipinski definition) is 1. The number of ether oxygens (including phenoxy) is 1. The van der Waals surface area contributed by atoms with Gasteiger partial charge >= 0.3 is 0 Å². The van der Waals surface area contributed by atoms with Crippen LogP contribution in [-0.2, 0) is 10.3 Å². The lowest BCUT2D eigenvalue weighted by Gasteiger charge is -2.44. The molecule has 0 radical (unpaired) electrons. The molecule has 1 heterocycles. The summed E-state index contributed by atoms with van der Waals surface area (Å²) < 4.78 is 6.94. The average Bonchev–Trinajstić information content (AvgIpc) is 2.81. The molecule has 0 fully saturated rings. The molecule has 4 aromatic rings. The summed E-state index contributed by atoms with van der Waals surface area (Å²) in [5.41, 5.74) is 4.35. The molecule has 2 nitrogen and oxygen atoms in total. The summed E-state index contributed by atoms with van der Waals surface area (Å²) in [5.74, 6) is 0. The highest BCUT2D eigenvalue weighted by Crippen LogP contribution is 2.50. The monoisotopic (exact) mass is 431 g/mol. The van der Waals surface area contributed by atoms with Crippen LogP contribution in [-0.4, -0.2) is 0 Å². The molecule has 1 aliphatic heterocycles. The lowest BCUT2D eigenvalue weighted by Crippen LogP contribution is -2.40. The van der Waals surface area contributed by atoms with Gasteiger partial charge in [-0.15, -0.1) is 0 Å². The van der Waals surface area contributed by atoms with E-state index in [0.717, 1.165) is 27.9 Å². The highest BCUT2D eigenvalue weighted by atomic mass is 35.5. The van der Waals surface area contributed by atoms with Crippen LogP contribution in [0.25, 0.3) is 0 Å². The van der Waals surface area contributed by atoms with Crippen LogP contribution in [0.15, 0.2) is 103 Å². The Hall–Kier alpha value is -2.78. The highest BCUT2D eigenvalue weighted by Gasteiger charge is 2.44. The minimum atomic E-state index is -0.777. The van der Waals surface area contributed by atoms with Crippen LogP contribution in [0.2, 0.25) is 10.0 Å². The first-order chi connectivity index (χ1) is 14.7. The Labute approximate surface area is 186 Å². The van der Waals surface area contributed by atoms with E-state index >= 15 is 0 Å². The van der Waals surface area contributed by atoms with Crippen molar-refractivity contribution in [2.24, 2.45) is 0 Å². The van der Waals surface area contributed by atoms with Crippen molar-refractivity contribution in [2.45, 2.75) is 11.8 Å². The molecule has 0 unspecified atom stereocenters. The fraction of sp³-hybridized carbons (Fsp3) is 0.0769. The van der Waals surface area contributed by atoms with Crippen molar-refractivity contribution in [3.8, 4) is 0 Å². The van der Waals surface area contributed by atoms with Crippen LogP contribution < -0.4 is 5.32 Å². The Kier molecular flexibility index (Phi) is 5.00. The van der Waals surface area contributed by atoms with E-state index in [9.17, 15) is 0 Å². The van der Waals surface area contributed by atoms with E-state index in [0.29, 0.717) is 10.0 Å². The van der Waals surface area contributed by atoms with Crippen molar-refractivity contribution in [3.63, 3.8) is 0 Å². The Morgan fingerprint density at radius 3 is 1.90 bits per heavy atom. The molecule has 0 aromatic heterocycles. The Bertz CT molecular complexity index is 1140. The van der Waals surface area contributed by atoms with Gasteiger partial charge in [0.25, 0.3) is 0 Å². The largest absolute Gasteiger partial charge is 0.356 e. The molecule has 5 rings (SSSR count). The molecular formula is C26H19Cl2NO. The predicted molar refractivity (Wildman–Crippen MR) is 123 cm³/mol. The van der Waals surface area contributed by atoms with Gasteiger partial charge in [-0.2, -0.15) is 0 Å². The van der Waals surface area contributed by atoms with Gasteiger partial charge < -0.3 is 10.1 Å². The summed E-state index contributed by atoms with van der Waals surface area (Å²) in [6.07, 6.45) is -0.407. The number of para-hydroxylation sites is 1. The maximum atomic E-state index is 6.94. The molecule has 0 amide bonds. The average molecular weight is 432 g/mol. The first kappa shape index (κ1) is 19.2. The fourth-order valence-corrected chi connectivity index (χ4v) is 4.42. The second-order valence-corrected chi connectivity index (χ2v) is 8.09. The number of benzene rings is 4. The van der Waals surface area contributed by atoms with Crippen molar-refractivity contribution in [1.82, 2.24) is 0 Å². The van der Waals surface area contributed by atoms with Crippen LogP contribution in [0.1, 0.15) is 28.5 Å². The Morgan fingerprint density at radius 2 is 1.27 bits per heavy atom. The summed E-state index contributed by atoms with van der Waals surface area (Å²) in [7, 11) is 0. The number of anilines is 1. The Balaban J connectivity index is 1.77. The lowest BCUT2D eigenvalue weighted by atomic mass is 9.78. The molecule has 1 aliphatic rings. The maximum absolute atomic E-state index is 6.94. The first-order valence-electron chi connectivity index (χ1n) is 9.78. The molecule has 1 atom stereocenters. The van der Waals surface area contributed by atoms with E-state index in [1.165, 1.54) is 0 Å². The molecule has 0 spiro atoms. The second kappa shape index (κ2) is 7.81. The molecule has 0 bridgehead atoms. The smallest absolute Gasteiger partial charge is 0.156 e. The zero-order chi connectivity index (χ0) is 20.6. The van der Waals surface area contributed by atoms with Gasteiger partial charge in [-0.25, -0.2) is 0 Å². The topological polar surface area (TPSA) is 21.3 Å². The van der Waals surface area contributed by atoms with Gasteiger partial charge in [0.1, 0.15) is 5.60 Å². The third-order valence-electron chi connectivity index (χ3n) is 5.49. The van der Waals surface area contributed by atoms with Crippen LogP contribution in [0, 0.1) is 0 Å². The summed E-state index contributed by atoms with van der Waals surface area (Å²) in [5, 5.41) is 4.56. The number of halogens is 2. The van der Waals surface area contributed by atoms with Crippen molar-refractivity contribution >= 4 is 28.9 Å². The van der Waals surface area contributed by atoms with E-state index in [2.05, 4.69) is 41.7 Å². The summed E-state index contributed by atoms with van der Waals surface area (Å²) >= 11 is 12.5. The molecule has 4 heteroatoms. The van der Waals surface area contributed by atoms with Crippen molar-refractivity contribution < 1.29 is 4.74 Å². The van der Waals surface area contributed by atoms with Gasteiger partial charge in [-0.3, -0.25) is 0 Å². The van der Waals surface area contributed by atoms with E-state index in [1.54, 1.807) is 6.07 Å². The van der Waals surface area contributed by atoms with Gasteiger partial charge in [0, 0.05) is 16.8 Å². The quantitative estimate of drug-likeness (QED) is 0.364. The van der Waals surface area contributed by atoms with Crippen LogP contribution >= 0.6 is 23.2 Å². The van der Waals surface area contributed by atoms with Gasteiger partial charge in [-0.1, -0.05) is 108 Å². The first-order valence-corrected chi connectivity index (χ1v) is 10.5. The summed E-state index contributed by atoms with van der Waals surface area (Å²) in [4.78, 5) is 0. The third-order valence-corrected chi connectivity index (χ3v) is 6.23. The van der Waals surface area contributed by atoms with E-state index in [1.807, 2.05) is 60.7 Å². The van der Waals surface area contributed by atoms with E-state index in [-0.39, 0.29) is 0 Å². The molecule has 4 aromatic carbocycles. The number of nitrogens with one attached hydrogen (secondary N) is 1.